The number of hydrogen-bond acceptors (Lipinski definition) is 8. The minimum atomic E-state index is 0.243. The van der Waals surface area contributed by atoms with Gasteiger partial charge in [-0.1, -0.05) is 11.8 Å². The van der Waals surface area contributed by atoms with Crippen molar-refractivity contribution in [3.8, 4) is 11.5 Å². The highest BCUT2D eigenvalue weighted by Gasteiger charge is 2.35. The van der Waals surface area contributed by atoms with Gasteiger partial charge in [0, 0.05) is 15.9 Å². The summed E-state index contributed by atoms with van der Waals surface area (Å²) in [4.78, 5) is 14.5. The van der Waals surface area contributed by atoms with E-state index < -0.39 is 0 Å². The molecule has 0 amide bonds. The number of imidazole rings is 1. The van der Waals surface area contributed by atoms with Crippen LogP contribution in [0.2, 0.25) is 0 Å². The third-order valence-electron chi connectivity index (χ3n) is 5.98. The van der Waals surface area contributed by atoms with E-state index in [0.717, 1.165) is 51.1 Å². The van der Waals surface area contributed by atoms with E-state index >= 15 is 0 Å². The molecule has 2 N–H and O–H groups in total. The van der Waals surface area contributed by atoms with Crippen molar-refractivity contribution >= 4 is 44.7 Å². The van der Waals surface area contributed by atoms with Gasteiger partial charge in [-0.25, -0.2) is 15.0 Å². The molecule has 1 aromatic carbocycles. The van der Waals surface area contributed by atoms with Crippen molar-refractivity contribution in [2.75, 3.05) is 12.5 Å². The molecule has 0 aliphatic carbocycles. The Morgan fingerprint density at radius 1 is 1.13 bits per heavy atom. The minimum Gasteiger partial charge on any atom is -0.454 e. The van der Waals surface area contributed by atoms with Crippen molar-refractivity contribution in [1.29, 1.82) is 0 Å². The first kappa shape index (κ1) is 18.7. The normalized spacial score (nSPS) is 24.6. The summed E-state index contributed by atoms with van der Waals surface area (Å²) >= 11 is 5.21. The van der Waals surface area contributed by atoms with Crippen molar-refractivity contribution in [2.45, 2.75) is 54.5 Å². The molecule has 2 saturated heterocycles. The van der Waals surface area contributed by atoms with Crippen molar-refractivity contribution in [2.24, 2.45) is 5.92 Å². The molecule has 2 unspecified atom stereocenters. The summed E-state index contributed by atoms with van der Waals surface area (Å²) in [7, 11) is 0. The lowest BCUT2D eigenvalue weighted by Gasteiger charge is -2.29. The van der Waals surface area contributed by atoms with Gasteiger partial charge in [0.2, 0.25) is 6.79 Å². The van der Waals surface area contributed by atoms with Crippen LogP contribution >= 0.6 is 27.7 Å². The molecule has 0 radical (unpaired) electrons. The Bertz CT molecular complexity index is 1130. The number of nitrogen functional groups attached to an aromatic ring is 1. The van der Waals surface area contributed by atoms with Gasteiger partial charge in [-0.3, -0.25) is 0 Å². The third kappa shape index (κ3) is 3.21. The van der Waals surface area contributed by atoms with Crippen LogP contribution in [0.1, 0.15) is 25.7 Å². The fraction of sp³-hybridized carbons (Fsp3) is 0.450. The van der Waals surface area contributed by atoms with Crippen LogP contribution in [-0.2, 0) is 11.3 Å². The third-order valence-corrected chi connectivity index (χ3v) is 7.95. The van der Waals surface area contributed by atoms with E-state index in [2.05, 4.69) is 30.5 Å². The van der Waals surface area contributed by atoms with Crippen LogP contribution in [0.25, 0.3) is 11.2 Å². The monoisotopic (exact) mass is 489 g/mol. The molecule has 5 heterocycles. The van der Waals surface area contributed by atoms with E-state index in [9.17, 15) is 0 Å². The lowest BCUT2D eigenvalue weighted by molar-refractivity contribution is -0.0228. The smallest absolute Gasteiger partial charge is 0.231 e. The fourth-order valence-electron chi connectivity index (χ4n) is 4.63. The molecule has 2 fully saturated rings. The van der Waals surface area contributed by atoms with E-state index in [4.69, 9.17) is 24.9 Å². The summed E-state index contributed by atoms with van der Waals surface area (Å²) in [5.41, 5.74) is 7.54. The number of ether oxygens (including phenoxy) is 3. The zero-order chi connectivity index (χ0) is 20.2. The Hall–Kier alpha value is -2.04. The predicted octanol–water partition coefficient (Wildman–Crippen LogP) is 4.01. The van der Waals surface area contributed by atoms with Crippen molar-refractivity contribution < 1.29 is 14.2 Å². The molecule has 2 bridgehead atoms. The lowest BCUT2D eigenvalue weighted by Crippen LogP contribution is -2.27. The second-order valence-electron chi connectivity index (χ2n) is 7.97. The summed E-state index contributed by atoms with van der Waals surface area (Å²) in [6.45, 7) is 1.08. The first-order valence-electron chi connectivity index (χ1n) is 10.0. The zero-order valence-electron chi connectivity index (χ0n) is 16.1. The highest BCUT2D eigenvalue weighted by atomic mass is 79.9. The number of nitrogens with zero attached hydrogens (tertiary/aromatic N) is 4. The van der Waals surface area contributed by atoms with Gasteiger partial charge >= 0.3 is 0 Å². The van der Waals surface area contributed by atoms with Crippen molar-refractivity contribution in [1.82, 2.24) is 19.5 Å². The molecule has 8 nitrogen and oxygen atoms in total. The number of hydrogen-bond donors (Lipinski definition) is 1. The second kappa shape index (κ2) is 7.28. The van der Waals surface area contributed by atoms with E-state index in [1.54, 1.807) is 11.8 Å². The zero-order valence-corrected chi connectivity index (χ0v) is 18.5. The molecule has 3 aliphatic rings. The van der Waals surface area contributed by atoms with E-state index in [1.165, 1.54) is 19.2 Å². The standard InChI is InChI=1S/C20H20BrN5O3S/c21-13-5-14-15(28-9-27-14)6-16(13)30-20-25-17-18(22)23-8-24-19(17)26(20)7-10-3-11-1-2-12(4-10)29-11/h5-6,8,10-12H,1-4,7,9H2,(H2,22,23,24). The van der Waals surface area contributed by atoms with Gasteiger partial charge < -0.3 is 24.5 Å². The van der Waals surface area contributed by atoms with Gasteiger partial charge in [0.25, 0.3) is 0 Å². The van der Waals surface area contributed by atoms with Crippen molar-refractivity contribution in [3.05, 3.63) is 22.9 Å². The van der Waals surface area contributed by atoms with Gasteiger partial charge in [0.1, 0.15) is 6.33 Å². The molecule has 3 aromatic rings. The Kier molecular flexibility index (Phi) is 4.54. The van der Waals surface area contributed by atoms with Crippen LogP contribution < -0.4 is 15.2 Å². The molecule has 2 atom stereocenters. The molecular formula is C20H20BrN5O3S. The molecule has 0 spiro atoms. The first-order chi connectivity index (χ1) is 14.6. The van der Waals surface area contributed by atoms with E-state index in [1.807, 2.05) is 12.1 Å². The van der Waals surface area contributed by atoms with E-state index in [-0.39, 0.29) is 6.79 Å². The topological polar surface area (TPSA) is 97.3 Å². The maximum atomic E-state index is 6.12. The first-order valence-corrected chi connectivity index (χ1v) is 11.6. The summed E-state index contributed by atoms with van der Waals surface area (Å²) in [5, 5.41) is 0.843. The maximum absolute atomic E-state index is 6.12. The Morgan fingerprint density at radius 2 is 1.90 bits per heavy atom. The summed E-state index contributed by atoms with van der Waals surface area (Å²) in [6, 6.07) is 3.91. The fourth-order valence-corrected chi connectivity index (χ4v) is 6.12. The number of fused-ring (bicyclic) bond motifs is 4. The van der Waals surface area contributed by atoms with Gasteiger partial charge in [-0.2, -0.15) is 0 Å². The average Bonchev–Trinajstić information content (AvgIpc) is 3.41. The summed E-state index contributed by atoms with van der Waals surface area (Å²) in [6.07, 6.45) is 6.79. The van der Waals surface area contributed by atoms with Crippen LogP contribution in [-0.4, -0.2) is 38.5 Å². The van der Waals surface area contributed by atoms with Gasteiger partial charge in [0.15, 0.2) is 33.6 Å². The van der Waals surface area contributed by atoms with Crippen LogP contribution in [0.5, 0.6) is 11.5 Å². The Balaban J connectivity index is 1.38. The molecule has 3 aliphatic heterocycles. The van der Waals surface area contributed by atoms with Gasteiger partial charge in [0.05, 0.1) is 12.2 Å². The lowest BCUT2D eigenvalue weighted by atomic mass is 9.95. The summed E-state index contributed by atoms with van der Waals surface area (Å²) in [5.74, 6) is 2.41. The van der Waals surface area contributed by atoms with Crippen LogP contribution in [0.4, 0.5) is 5.82 Å². The van der Waals surface area contributed by atoms with Crippen LogP contribution in [0, 0.1) is 5.92 Å². The van der Waals surface area contributed by atoms with Crippen molar-refractivity contribution in [3.63, 3.8) is 0 Å². The van der Waals surface area contributed by atoms with Crippen LogP contribution in [0.15, 0.2) is 33.0 Å². The molecule has 156 valence electrons. The molecule has 10 heteroatoms. The Morgan fingerprint density at radius 3 is 2.70 bits per heavy atom. The average molecular weight is 490 g/mol. The Labute approximate surface area is 185 Å². The highest BCUT2D eigenvalue weighted by Crippen LogP contribution is 2.44. The van der Waals surface area contributed by atoms with Gasteiger partial charge in [-0.05, 0) is 59.7 Å². The number of anilines is 1. The maximum Gasteiger partial charge on any atom is 0.231 e. The van der Waals surface area contributed by atoms with Gasteiger partial charge in [-0.15, -0.1) is 0 Å². The molecular weight excluding hydrogens is 470 g/mol. The number of nitrogens with two attached hydrogens (primary N) is 1. The number of aromatic nitrogens is 4. The second-order valence-corrected chi connectivity index (χ2v) is 9.83. The number of benzene rings is 1. The quantitative estimate of drug-likeness (QED) is 0.586. The SMILES string of the molecule is Nc1ncnc2c1nc(Sc1cc3c(cc1Br)OCO3)n2CC1CC2CCC(C1)O2. The molecule has 6 rings (SSSR count). The number of halogens is 1. The molecule has 30 heavy (non-hydrogen) atoms. The number of rotatable bonds is 4. The van der Waals surface area contributed by atoms with Crippen LogP contribution in [0.3, 0.4) is 0 Å². The minimum absolute atomic E-state index is 0.243. The molecule has 2 aromatic heterocycles. The molecule has 0 saturated carbocycles. The highest BCUT2D eigenvalue weighted by molar-refractivity contribution is 9.10. The largest absolute Gasteiger partial charge is 0.454 e. The summed E-state index contributed by atoms with van der Waals surface area (Å²) < 4.78 is 20.2. The van der Waals surface area contributed by atoms with E-state index in [0.29, 0.717) is 29.5 Å². The predicted molar refractivity (Wildman–Crippen MR) is 115 cm³/mol.